The molecule has 1 heterocycles. The first-order chi connectivity index (χ1) is 11.1. The Morgan fingerprint density at radius 2 is 1.83 bits per heavy atom. The average molecular weight is 340 g/mol. The second-order valence-corrected chi connectivity index (χ2v) is 5.85. The molecular weight excluding hydrogens is 316 g/mol. The first-order valence-electron chi connectivity index (χ1n) is 7.87. The fourth-order valence-electron chi connectivity index (χ4n) is 1.79. The lowest BCUT2D eigenvalue weighted by Crippen LogP contribution is -2.19. The standard InChI is InChI=1S/C16H24N2O4S/c1-4-7-8-9-12-10-17-16(23-12)18-11-13(14(19)21-5-2)15(20)22-6-3/h10-11H,4-9H2,1-3H3,(H,17,18). The zero-order chi connectivity index (χ0) is 17.1. The van der Waals surface area contributed by atoms with Crippen LogP contribution in [0, 0.1) is 0 Å². The molecule has 6 nitrogen and oxygen atoms in total. The number of ether oxygens (including phenoxy) is 2. The Balaban J connectivity index is 2.72. The molecule has 0 aromatic carbocycles. The Labute approximate surface area is 140 Å². The van der Waals surface area contributed by atoms with Gasteiger partial charge in [-0.1, -0.05) is 19.8 Å². The highest BCUT2D eigenvalue weighted by Gasteiger charge is 2.21. The zero-order valence-corrected chi connectivity index (χ0v) is 14.7. The minimum atomic E-state index is -0.710. The smallest absolute Gasteiger partial charge is 0.347 e. The van der Waals surface area contributed by atoms with Gasteiger partial charge in [-0.05, 0) is 26.7 Å². The molecule has 0 aliphatic carbocycles. The maximum Gasteiger partial charge on any atom is 0.347 e. The second-order valence-electron chi connectivity index (χ2n) is 4.73. The van der Waals surface area contributed by atoms with Crippen LogP contribution in [0.3, 0.4) is 0 Å². The van der Waals surface area contributed by atoms with Gasteiger partial charge in [-0.2, -0.15) is 0 Å². The van der Waals surface area contributed by atoms with Gasteiger partial charge < -0.3 is 14.8 Å². The molecule has 128 valence electrons. The molecule has 7 heteroatoms. The lowest BCUT2D eigenvalue weighted by molar-refractivity contribution is -0.146. The molecule has 0 atom stereocenters. The number of thiazole rings is 1. The van der Waals surface area contributed by atoms with Gasteiger partial charge in [0.15, 0.2) is 10.7 Å². The Morgan fingerprint density at radius 1 is 1.17 bits per heavy atom. The van der Waals surface area contributed by atoms with E-state index >= 15 is 0 Å². The number of esters is 2. The summed E-state index contributed by atoms with van der Waals surface area (Å²) in [7, 11) is 0. The van der Waals surface area contributed by atoms with Crippen molar-refractivity contribution in [3.05, 3.63) is 22.8 Å². The summed E-state index contributed by atoms with van der Waals surface area (Å²) in [6, 6.07) is 0. The van der Waals surface area contributed by atoms with E-state index in [1.54, 1.807) is 13.8 Å². The molecule has 0 aliphatic rings. The summed E-state index contributed by atoms with van der Waals surface area (Å²) in [6.07, 6.45) is 7.59. The third-order valence-corrected chi connectivity index (χ3v) is 3.90. The molecule has 0 unspecified atom stereocenters. The SMILES string of the molecule is CCCCCc1cnc(NC=C(C(=O)OCC)C(=O)OCC)s1. The van der Waals surface area contributed by atoms with Gasteiger partial charge in [-0.15, -0.1) is 11.3 Å². The van der Waals surface area contributed by atoms with E-state index in [9.17, 15) is 9.59 Å². The van der Waals surface area contributed by atoms with Gasteiger partial charge in [-0.25, -0.2) is 14.6 Å². The van der Waals surface area contributed by atoms with Crippen molar-refractivity contribution in [3.63, 3.8) is 0 Å². The summed E-state index contributed by atoms with van der Waals surface area (Å²) in [6.45, 7) is 5.90. The summed E-state index contributed by atoms with van der Waals surface area (Å²) in [5.41, 5.74) is -0.170. The van der Waals surface area contributed by atoms with Crippen molar-refractivity contribution in [2.45, 2.75) is 46.5 Å². The van der Waals surface area contributed by atoms with Gasteiger partial charge in [0.1, 0.15) is 0 Å². The maximum absolute atomic E-state index is 11.8. The van der Waals surface area contributed by atoms with Gasteiger partial charge in [0.25, 0.3) is 0 Å². The number of unbranched alkanes of at least 4 members (excludes halogenated alkanes) is 2. The Morgan fingerprint density at radius 3 is 2.39 bits per heavy atom. The van der Waals surface area contributed by atoms with Gasteiger partial charge in [0, 0.05) is 17.3 Å². The van der Waals surface area contributed by atoms with Gasteiger partial charge in [0.2, 0.25) is 0 Å². The van der Waals surface area contributed by atoms with Crippen LogP contribution in [-0.4, -0.2) is 30.1 Å². The quantitative estimate of drug-likeness (QED) is 0.231. The second kappa shape index (κ2) is 10.8. The lowest BCUT2D eigenvalue weighted by atomic mass is 10.2. The molecule has 0 spiro atoms. The van der Waals surface area contributed by atoms with Gasteiger partial charge >= 0.3 is 11.9 Å². The van der Waals surface area contributed by atoms with E-state index in [-0.39, 0.29) is 18.8 Å². The first kappa shape index (κ1) is 19.2. The number of nitrogens with zero attached hydrogens (tertiary/aromatic N) is 1. The number of carbonyl (C=O) groups is 2. The highest BCUT2D eigenvalue weighted by Crippen LogP contribution is 2.20. The van der Waals surface area contributed by atoms with Gasteiger partial charge in [-0.3, -0.25) is 0 Å². The molecule has 1 N–H and O–H groups in total. The number of carbonyl (C=O) groups excluding carboxylic acids is 2. The van der Waals surface area contributed by atoms with E-state index in [1.807, 2.05) is 6.20 Å². The van der Waals surface area contributed by atoms with Crippen LogP contribution in [0.1, 0.15) is 44.9 Å². The van der Waals surface area contributed by atoms with Crippen molar-refractivity contribution in [1.82, 2.24) is 4.98 Å². The van der Waals surface area contributed by atoms with Crippen molar-refractivity contribution in [1.29, 1.82) is 0 Å². The fraction of sp³-hybridized carbons (Fsp3) is 0.562. The topological polar surface area (TPSA) is 77.5 Å². The summed E-state index contributed by atoms with van der Waals surface area (Å²) >= 11 is 1.50. The van der Waals surface area contributed by atoms with Crippen molar-refractivity contribution < 1.29 is 19.1 Å². The van der Waals surface area contributed by atoms with Crippen molar-refractivity contribution in [3.8, 4) is 0 Å². The number of hydrogen-bond donors (Lipinski definition) is 1. The highest BCUT2D eigenvalue weighted by molar-refractivity contribution is 7.15. The van der Waals surface area contributed by atoms with Crippen molar-refractivity contribution >= 4 is 28.4 Å². The van der Waals surface area contributed by atoms with Crippen LogP contribution in [0.2, 0.25) is 0 Å². The van der Waals surface area contributed by atoms with E-state index in [0.29, 0.717) is 5.13 Å². The minimum absolute atomic E-state index is 0.170. The Bertz CT molecular complexity index is 520. The summed E-state index contributed by atoms with van der Waals surface area (Å²) in [4.78, 5) is 29.0. The van der Waals surface area contributed by atoms with Crippen molar-refractivity contribution in [2.75, 3.05) is 18.5 Å². The number of anilines is 1. The molecule has 23 heavy (non-hydrogen) atoms. The summed E-state index contributed by atoms with van der Waals surface area (Å²) in [5, 5.41) is 3.51. The number of aryl methyl sites for hydroxylation is 1. The van der Waals surface area contributed by atoms with E-state index < -0.39 is 11.9 Å². The van der Waals surface area contributed by atoms with Crippen LogP contribution >= 0.6 is 11.3 Å². The summed E-state index contributed by atoms with van der Waals surface area (Å²) in [5.74, 6) is -1.42. The molecule has 1 rings (SSSR count). The summed E-state index contributed by atoms with van der Waals surface area (Å²) < 4.78 is 9.73. The number of hydrogen-bond acceptors (Lipinski definition) is 7. The van der Waals surface area contributed by atoms with E-state index in [2.05, 4.69) is 17.2 Å². The largest absolute Gasteiger partial charge is 0.462 e. The monoisotopic (exact) mass is 340 g/mol. The Hall–Kier alpha value is -1.89. The molecule has 0 aliphatic heterocycles. The molecule has 0 saturated carbocycles. The van der Waals surface area contributed by atoms with E-state index in [4.69, 9.17) is 9.47 Å². The van der Waals surface area contributed by atoms with Crippen LogP contribution in [-0.2, 0) is 25.5 Å². The number of rotatable bonds is 10. The third kappa shape index (κ3) is 6.81. The predicted octanol–water partition coefficient (Wildman–Crippen LogP) is 3.30. The van der Waals surface area contributed by atoms with Crippen molar-refractivity contribution in [2.24, 2.45) is 0 Å². The zero-order valence-electron chi connectivity index (χ0n) is 13.9. The normalized spacial score (nSPS) is 10.0. The molecule has 0 saturated heterocycles. The fourth-order valence-corrected chi connectivity index (χ4v) is 2.62. The predicted molar refractivity (Wildman–Crippen MR) is 90.3 cm³/mol. The molecule has 1 aromatic rings. The van der Waals surface area contributed by atoms with Gasteiger partial charge in [0.05, 0.1) is 13.2 Å². The third-order valence-electron chi connectivity index (χ3n) is 2.91. The molecule has 0 amide bonds. The molecule has 0 radical (unpaired) electrons. The molecule has 0 bridgehead atoms. The highest BCUT2D eigenvalue weighted by atomic mass is 32.1. The molecule has 0 fully saturated rings. The van der Waals surface area contributed by atoms with Crippen LogP contribution in [0.5, 0.6) is 0 Å². The lowest BCUT2D eigenvalue weighted by Gasteiger charge is -2.06. The maximum atomic E-state index is 11.8. The van der Waals surface area contributed by atoms with Crippen LogP contribution in [0.15, 0.2) is 18.0 Å². The minimum Gasteiger partial charge on any atom is -0.462 e. The first-order valence-corrected chi connectivity index (χ1v) is 8.69. The average Bonchev–Trinajstić information content (AvgIpc) is 2.96. The van der Waals surface area contributed by atoms with Crippen LogP contribution in [0.25, 0.3) is 0 Å². The van der Waals surface area contributed by atoms with Crippen LogP contribution in [0.4, 0.5) is 5.13 Å². The van der Waals surface area contributed by atoms with Crippen LogP contribution < -0.4 is 5.32 Å². The van der Waals surface area contributed by atoms with E-state index in [1.165, 1.54) is 35.3 Å². The van der Waals surface area contributed by atoms with E-state index in [0.717, 1.165) is 12.8 Å². The molecule has 1 aromatic heterocycles. The number of aromatic nitrogens is 1. The number of nitrogens with one attached hydrogen (secondary N) is 1. The molecular formula is C16H24N2O4S. The Kier molecular flexibility index (Phi) is 8.97.